The molecule has 0 bridgehead atoms. The van der Waals surface area contributed by atoms with Gasteiger partial charge in [0, 0.05) is 12.1 Å². The lowest BCUT2D eigenvalue weighted by atomic mass is 10.1. The third-order valence-electron chi connectivity index (χ3n) is 5.51. The molecule has 0 unspecified atom stereocenters. The van der Waals surface area contributed by atoms with Gasteiger partial charge >= 0.3 is 6.03 Å². The molecule has 0 atom stereocenters. The Bertz CT molecular complexity index is 1490. The Labute approximate surface area is 226 Å². The summed E-state index contributed by atoms with van der Waals surface area (Å²) in [5.41, 5.74) is 1.94. The van der Waals surface area contributed by atoms with Crippen LogP contribution in [0.5, 0.6) is 11.5 Å². The first-order chi connectivity index (χ1) is 18.2. The lowest BCUT2D eigenvalue weighted by Gasteiger charge is -2.26. The molecule has 38 heavy (non-hydrogen) atoms. The van der Waals surface area contributed by atoms with E-state index in [1.807, 2.05) is 13.0 Å². The van der Waals surface area contributed by atoms with Crippen LogP contribution < -0.4 is 19.7 Å². The molecular weight excluding hydrogens is 558 g/mol. The molecule has 0 saturated carbocycles. The number of benzene rings is 3. The van der Waals surface area contributed by atoms with Crippen LogP contribution in [-0.4, -0.2) is 29.4 Å². The SMILES string of the molecule is CCOc1cc(/C=C2\C(=O)NC(=O)N(c3cccc(C)c3)C2=O)cc(Br)c1OCc1cccc([N+](=O)[O-])c1. The average molecular weight is 580 g/mol. The minimum absolute atomic E-state index is 0.0370. The molecule has 10 nitrogen and oxygen atoms in total. The zero-order chi connectivity index (χ0) is 27.4. The van der Waals surface area contributed by atoms with Crippen LogP contribution in [0.25, 0.3) is 6.08 Å². The summed E-state index contributed by atoms with van der Waals surface area (Å²) in [4.78, 5) is 49.8. The van der Waals surface area contributed by atoms with Crippen molar-refractivity contribution in [2.24, 2.45) is 0 Å². The molecule has 1 heterocycles. The first-order valence-corrected chi connectivity index (χ1v) is 12.3. The highest BCUT2D eigenvalue weighted by molar-refractivity contribution is 9.10. The van der Waals surface area contributed by atoms with Gasteiger partial charge in [0.05, 0.1) is 21.7 Å². The number of carbonyl (C=O) groups is 3. The highest BCUT2D eigenvalue weighted by Gasteiger charge is 2.37. The van der Waals surface area contributed by atoms with Crippen molar-refractivity contribution >= 4 is 51.2 Å². The molecule has 3 aromatic carbocycles. The summed E-state index contributed by atoms with van der Waals surface area (Å²) < 4.78 is 12.1. The van der Waals surface area contributed by atoms with Crippen LogP contribution in [0.1, 0.15) is 23.6 Å². The van der Waals surface area contributed by atoms with Crippen LogP contribution in [0, 0.1) is 17.0 Å². The van der Waals surface area contributed by atoms with Crippen LogP contribution in [0.4, 0.5) is 16.2 Å². The number of urea groups is 1. The summed E-state index contributed by atoms with van der Waals surface area (Å²) in [6, 6.07) is 15.3. The van der Waals surface area contributed by atoms with Crippen molar-refractivity contribution in [3.8, 4) is 11.5 Å². The fraction of sp³-hybridized carbons (Fsp3) is 0.148. The van der Waals surface area contributed by atoms with Gasteiger partial charge in [-0.1, -0.05) is 24.3 Å². The molecule has 4 amide bonds. The van der Waals surface area contributed by atoms with Gasteiger partial charge in [0.15, 0.2) is 11.5 Å². The Morgan fingerprint density at radius 2 is 1.82 bits per heavy atom. The van der Waals surface area contributed by atoms with E-state index < -0.39 is 22.8 Å². The number of nitrogens with zero attached hydrogens (tertiary/aromatic N) is 2. The average Bonchev–Trinajstić information content (AvgIpc) is 2.86. The number of hydrogen-bond acceptors (Lipinski definition) is 7. The van der Waals surface area contributed by atoms with Gasteiger partial charge in [0.2, 0.25) is 0 Å². The number of carbonyl (C=O) groups excluding carboxylic acids is 3. The van der Waals surface area contributed by atoms with Crippen molar-refractivity contribution < 1.29 is 28.8 Å². The van der Waals surface area contributed by atoms with E-state index in [1.165, 1.54) is 18.2 Å². The summed E-state index contributed by atoms with van der Waals surface area (Å²) in [7, 11) is 0. The molecule has 0 spiro atoms. The fourth-order valence-corrected chi connectivity index (χ4v) is 4.39. The predicted octanol–water partition coefficient (Wildman–Crippen LogP) is 5.31. The normalized spacial score (nSPS) is 14.4. The van der Waals surface area contributed by atoms with Crippen molar-refractivity contribution in [2.45, 2.75) is 20.5 Å². The molecule has 0 aromatic heterocycles. The van der Waals surface area contributed by atoms with Crippen molar-refractivity contribution in [2.75, 3.05) is 11.5 Å². The zero-order valence-electron chi connectivity index (χ0n) is 20.4. The van der Waals surface area contributed by atoms with Crippen molar-refractivity contribution in [3.63, 3.8) is 0 Å². The minimum Gasteiger partial charge on any atom is -0.490 e. The van der Waals surface area contributed by atoms with Crippen LogP contribution in [-0.2, 0) is 16.2 Å². The second-order valence-electron chi connectivity index (χ2n) is 8.28. The summed E-state index contributed by atoms with van der Waals surface area (Å²) in [6.07, 6.45) is 1.37. The first kappa shape index (κ1) is 26.6. The van der Waals surface area contributed by atoms with E-state index in [9.17, 15) is 24.5 Å². The van der Waals surface area contributed by atoms with Gasteiger partial charge in [-0.3, -0.25) is 25.0 Å². The molecule has 194 valence electrons. The lowest BCUT2D eigenvalue weighted by molar-refractivity contribution is -0.384. The number of aryl methyl sites for hydroxylation is 1. The quantitative estimate of drug-likeness (QED) is 0.166. The Morgan fingerprint density at radius 1 is 1.05 bits per heavy atom. The second kappa shape index (κ2) is 11.3. The lowest BCUT2D eigenvalue weighted by Crippen LogP contribution is -2.54. The number of hydrogen-bond donors (Lipinski definition) is 1. The number of imide groups is 2. The van der Waals surface area contributed by atoms with E-state index in [0.717, 1.165) is 10.5 Å². The topological polar surface area (TPSA) is 128 Å². The van der Waals surface area contributed by atoms with E-state index in [1.54, 1.807) is 49.4 Å². The largest absolute Gasteiger partial charge is 0.490 e. The summed E-state index contributed by atoms with van der Waals surface area (Å²) in [6.45, 7) is 3.95. The van der Waals surface area contributed by atoms with Crippen molar-refractivity contribution in [1.82, 2.24) is 5.32 Å². The summed E-state index contributed by atoms with van der Waals surface area (Å²) >= 11 is 3.45. The molecule has 1 aliphatic rings. The minimum atomic E-state index is -0.830. The third-order valence-corrected chi connectivity index (χ3v) is 6.10. The molecule has 11 heteroatoms. The number of rotatable bonds is 8. The van der Waals surface area contributed by atoms with E-state index in [4.69, 9.17) is 9.47 Å². The number of non-ortho nitro benzene ring substituents is 1. The van der Waals surface area contributed by atoms with Gasteiger partial charge < -0.3 is 9.47 Å². The van der Waals surface area contributed by atoms with Gasteiger partial charge in [-0.15, -0.1) is 0 Å². The fourth-order valence-electron chi connectivity index (χ4n) is 3.82. The molecule has 4 rings (SSSR count). The maximum absolute atomic E-state index is 13.2. The number of nitrogens with one attached hydrogen (secondary N) is 1. The van der Waals surface area contributed by atoms with Gasteiger partial charge in [-0.05, 0) is 76.8 Å². The highest BCUT2D eigenvalue weighted by atomic mass is 79.9. The Kier molecular flexibility index (Phi) is 7.87. The van der Waals surface area contributed by atoms with Crippen LogP contribution >= 0.6 is 15.9 Å². The monoisotopic (exact) mass is 579 g/mol. The molecule has 1 aliphatic heterocycles. The Morgan fingerprint density at radius 3 is 2.53 bits per heavy atom. The number of halogens is 1. The summed E-state index contributed by atoms with van der Waals surface area (Å²) in [5, 5.41) is 13.3. The van der Waals surface area contributed by atoms with Crippen molar-refractivity contribution in [3.05, 3.63) is 97.5 Å². The van der Waals surface area contributed by atoms with Crippen LogP contribution in [0.2, 0.25) is 0 Å². The molecule has 1 N–H and O–H groups in total. The first-order valence-electron chi connectivity index (χ1n) is 11.5. The number of ether oxygens (including phenoxy) is 2. The molecule has 1 fully saturated rings. The highest BCUT2D eigenvalue weighted by Crippen LogP contribution is 2.38. The Hall–Kier alpha value is -4.51. The standard InChI is InChI=1S/C27H22BrN3O7/c1-3-37-23-14-18(13-22(28)24(23)38-15-17-7-5-9-20(11-17)31(35)36)12-21-25(32)29-27(34)30(26(21)33)19-8-4-6-16(2)10-19/h4-14H,3,15H2,1-2H3,(H,29,32,34)/b21-12+. The maximum Gasteiger partial charge on any atom is 0.335 e. The molecule has 0 radical (unpaired) electrons. The number of anilines is 1. The number of amides is 4. The Balaban J connectivity index is 1.65. The number of barbiturate groups is 1. The maximum atomic E-state index is 13.2. The zero-order valence-corrected chi connectivity index (χ0v) is 22.0. The molecular formula is C27H22BrN3O7. The second-order valence-corrected chi connectivity index (χ2v) is 9.13. The van der Waals surface area contributed by atoms with Gasteiger partial charge in [-0.25, -0.2) is 9.69 Å². The van der Waals surface area contributed by atoms with Crippen molar-refractivity contribution in [1.29, 1.82) is 0 Å². The number of nitro groups is 1. The van der Waals surface area contributed by atoms with E-state index in [-0.39, 0.29) is 17.9 Å². The number of nitro benzene ring substituents is 1. The van der Waals surface area contributed by atoms with Gasteiger partial charge in [-0.2, -0.15) is 0 Å². The summed E-state index contributed by atoms with van der Waals surface area (Å²) in [5.74, 6) is -0.903. The van der Waals surface area contributed by atoms with Gasteiger partial charge in [0.25, 0.3) is 17.5 Å². The smallest absolute Gasteiger partial charge is 0.335 e. The van der Waals surface area contributed by atoms with E-state index in [2.05, 4.69) is 21.2 Å². The van der Waals surface area contributed by atoms with Crippen LogP contribution in [0.3, 0.4) is 0 Å². The predicted molar refractivity (Wildman–Crippen MR) is 143 cm³/mol. The van der Waals surface area contributed by atoms with Gasteiger partial charge in [0.1, 0.15) is 12.2 Å². The van der Waals surface area contributed by atoms with Crippen LogP contribution in [0.15, 0.2) is 70.7 Å². The molecule has 3 aromatic rings. The molecule has 0 aliphatic carbocycles. The molecule has 1 saturated heterocycles. The van der Waals surface area contributed by atoms with E-state index >= 15 is 0 Å². The third kappa shape index (κ3) is 5.73. The van der Waals surface area contributed by atoms with E-state index in [0.29, 0.717) is 39.4 Å².